The standard InChI is InChI=1S/C20H21Br/c1-2-13-7-9-15(10-8-13)20(21)19-17-12-11-14-5-3-4-6-16(14)18(17)19/h3-10,17-20H,2,11-12H2,1H3. The van der Waals surface area contributed by atoms with Crippen LogP contribution < -0.4 is 0 Å². The molecule has 0 aromatic heterocycles. The molecule has 0 radical (unpaired) electrons. The van der Waals surface area contributed by atoms with Crippen molar-refractivity contribution >= 4 is 15.9 Å². The van der Waals surface area contributed by atoms with Crippen LogP contribution in [-0.2, 0) is 12.8 Å². The van der Waals surface area contributed by atoms with E-state index in [9.17, 15) is 0 Å². The van der Waals surface area contributed by atoms with Gasteiger partial charge in [-0.15, -0.1) is 0 Å². The molecule has 2 aromatic carbocycles. The first-order valence-electron chi connectivity index (χ1n) is 8.10. The Morgan fingerprint density at radius 3 is 2.62 bits per heavy atom. The van der Waals surface area contributed by atoms with Gasteiger partial charge < -0.3 is 0 Å². The molecule has 1 saturated carbocycles. The van der Waals surface area contributed by atoms with Crippen molar-refractivity contribution in [2.24, 2.45) is 11.8 Å². The lowest BCUT2D eigenvalue weighted by molar-refractivity contribution is 0.627. The average Bonchev–Trinajstić information content (AvgIpc) is 3.29. The molecule has 4 atom stereocenters. The van der Waals surface area contributed by atoms with Gasteiger partial charge in [0.05, 0.1) is 0 Å². The zero-order chi connectivity index (χ0) is 14.4. The third kappa shape index (κ3) is 2.26. The van der Waals surface area contributed by atoms with Crippen LogP contribution in [0.2, 0.25) is 0 Å². The highest BCUT2D eigenvalue weighted by Crippen LogP contribution is 2.66. The minimum atomic E-state index is 0.504. The van der Waals surface area contributed by atoms with Gasteiger partial charge in [0.2, 0.25) is 0 Å². The maximum absolute atomic E-state index is 4.00. The molecule has 1 fully saturated rings. The molecule has 1 heteroatoms. The number of benzene rings is 2. The predicted octanol–water partition coefficient (Wildman–Crippen LogP) is 5.66. The van der Waals surface area contributed by atoms with Gasteiger partial charge in [-0.1, -0.05) is 71.4 Å². The molecule has 0 amide bonds. The van der Waals surface area contributed by atoms with Gasteiger partial charge in [-0.25, -0.2) is 0 Å². The molecule has 0 spiro atoms. The van der Waals surface area contributed by atoms with Gasteiger partial charge >= 0.3 is 0 Å². The summed E-state index contributed by atoms with van der Waals surface area (Å²) in [6, 6.07) is 18.3. The normalized spacial score (nSPS) is 27.6. The van der Waals surface area contributed by atoms with E-state index in [-0.39, 0.29) is 0 Å². The maximum atomic E-state index is 4.00. The summed E-state index contributed by atoms with van der Waals surface area (Å²) in [6.45, 7) is 2.22. The van der Waals surface area contributed by atoms with Crippen molar-refractivity contribution in [3.63, 3.8) is 0 Å². The number of alkyl halides is 1. The molecule has 21 heavy (non-hydrogen) atoms. The molecule has 0 heterocycles. The predicted molar refractivity (Wildman–Crippen MR) is 92.0 cm³/mol. The van der Waals surface area contributed by atoms with E-state index < -0.39 is 0 Å². The molecule has 4 rings (SSSR count). The van der Waals surface area contributed by atoms with Crippen LogP contribution in [0.3, 0.4) is 0 Å². The molecular formula is C20H21Br. The van der Waals surface area contributed by atoms with Gasteiger partial charge in [0, 0.05) is 4.83 Å². The molecule has 0 bridgehead atoms. The summed E-state index contributed by atoms with van der Waals surface area (Å²) in [5, 5.41) is 0. The largest absolute Gasteiger partial charge is 0.0835 e. The SMILES string of the molecule is CCc1ccc(C(Br)C2C3CCc4ccccc4C32)cc1. The van der Waals surface area contributed by atoms with Crippen LogP contribution in [0.15, 0.2) is 48.5 Å². The van der Waals surface area contributed by atoms with E-state index in [0.29, 0.717) is 4.83 Å². The molecule has 108 valence electrons. The fraction of sp³-hybridized carbons (Fsp3) is 0.400. The monoisotopic (exact) mass is 340 g/mol. The number of rotatable bonds is 3. The molecular weight excluding hydrogens is 320 g/mol. The lowest BCUT2D eigenvalue weighted by Gasteiger charge is -2.13. The van der Waals surface area contributed by atoms with Crippen molar-refractivity contribution in [2.75, 3.05) is 0 Å². The first-order valence-corrected chi connectivity index (χ1v) is 9.02. The Bertz CT molecular complexity index is 643. The van der Waals surface area contributed by atoms with E-state index in [0.717, 1.165) is 24.2 Å². The number of hydrogen-bond donors (Lipinski definition) is 0. The third-order valence-corrected chi connectivity index (χ3v) is 6.57. The first-order chi connectivity index (χ1) is 10.3. The second kappa shape index (κ2) is 5.28. The van der Waals surface area contributed by atoms with Gasteiger partial charge in [0.1, 0.15) is 0 Å². The van der Waals surface area contributed by atoms with E-state index in [1.165, 1.54) is 24.0 Å². The quantitative estimate of drug-likeness (QED) is 0.632. The summed E-state index contributed by atoms with van der Waals surface area (Å²) < 4.78 is 0. The van der Waals surface area contributed by atoms with Crippen LogP contribution in [0.5, 0.6) is 0 Å². The minimum Gasteiger partial charge on any atom is -0.0835 e. The maximum Gasteiger partial charge on any atom is 0.0432 e. The fourth-order valence-corrected chi connectivity index (χ4v) is 5.20. The van der Waals surface area contributed by atoms with Crippen molar-refractivity contribution in [3.8, 4) is 0 Å². The van der Waals surface area contributed by atoms with E-state index in [4.69, 9.17) is 0 Å². The van der Waals surface area contributed by atoms with E-state index >= 15 is 0 Å². The van der Waals surface area contributed by atoms with Crippen molar-refractivity contribution in [2.45, 2.75) is 36.9 Å². The van der Waals surface area contributed by atoms with Crippen LogP contribution in [-0.4, -0.2) is 0 Å². The summed E-state index contributed by atoms with van der Waals surface area (Å²) in [4.78, 5) is 0.504. The fourth-order valence-electron chi connectivity index (χ4n) is 4.18. The zero-order valence-corrected chi connectivity index (χ0v) is 14.0. The summed E-state index contributed by atoms with van der Waals surface area (Å²) in [7, 11) is 0. The highest BCUT2D eigenvalue weighted by atomic mass is 79.9. The minimum absolute atomic E-state index is 0.504. The molecule has 4 unspecified atom stereocenters. The van der Waals surface area contributed by atoms with Gasteiger partial charge in [-0.2, -0.15) is 0 Å². The van der Waals surface area contributed by atoms with Crippen molar-refractivity contribution in [3.05, 3.63) is 70.8 Å². The Balaban J connectivity index is 1.58. The highest BCUT2D eigenvalue weighted by Gasteiger charge is 2.55. The Kier molecular flexibility index (Phi) is 3.41. The molecule has 2 aliphatic rings. The number of hydrogen-bond acceptors (Lipinski definition) is 0. The summed E-state index contributed by atoms with van der Waals surface area (Å²) in [6.07, 6.45) is 3.75. The number of fused-ring (bicyclic) bond motifs is 3. The Labute approximate surface area is 135 Å². The zero-order valence-electron chi connectivity index (χ0n) is 12.4. The Hall–Kier alpha value is -1.08. The Morgan fingerprint density at radius 1 is 1.10 bits per heavy atom. The highest BCUT2D eigenvalue weighted by molar-refractivity contribution is 9.09. The average molecular weight is 341 g/mol. The van der Waals surface area contributed by atoms with Crippen molar-refractivity contribution < 1.29 is 0 Å². The lowest BCUT2D eigenvalue weighted by atomic mass is 9.92. The second-order valence-corrected chi connectivity index (χ2v) is 7.49. The summed E-state index contributed by atoms with van der Waals surface area (Å²) >= 11 is 4.00. The molecule has 0 nitrogen and oxygen atoms in total. The molecule has 2 aromatic rings. The second-order valence-electron chi connectivity index (χ2n) is 6.50. The summed E-state index contributed by atoms with van der Waals surface area (Å²) in [5.41, 5.74) is 6.08. The van der Waals surface area contributed by atoms with Crippen LogP contribution >= 0.6 is 15.9 Å². The van der Waals surface area contributed by atoms with Gasteiger partial charge in [-0.3, -0.25) is 0 Å². The van der Waals surface area contributed by atoms with Crippen molar-refractivity contribution in [1.82, 2.24) is 0 Å². The summed E-state index contributed by atoms with van der Waals surface area (Å²) in [5.74, 6) is 2.45. The van der Waals surface area contributed by atoms with Crippen LogP contribution in [0.25, 0.3) is 0 Å². The van der Waals surface area contributed by atoms with E-state index in [2.05, 4.69) is 71.4 Å². The van der Waals surface area contributed by atoms with Gasteiger partial charge in [0.25, 0.3) is 0 Å². The van der Waals surface area contributed by atoms with Gasteiger partial charge in [-0.05, 0) is 59.3 Å². The van der Waals surface area contributed by atoms with Crippen LogP contribution in [0.4, 0.5) is 0 Å². The first kappa shape index (κ1) is 13.6. The smallest absolute Gasteiger partial charge is 0.0432 e. The number of aryl methyl sites for hydroxylation is 2. The van der Waals surface area contributed by atoms with Crippen LogP contribution in [0, 0.1) is 11.8 Å². The van der Waals surface area contributed by atoms with E-state index in [1.54, 1.807) is 11.1 Å². The van der Waals surface area contributed by atoms with Crippen molar-refractivity contribution in [1.29, 1.82) is 0 Å². The molecule has 0 saturated heterocycles. The molecule has 0 N–H and O–H groups in total. The lowest BCUT2D eigenvalue weighted by Crippen LogP contribution is -2.00. The molecule has 2 aliphatic carbocycles. The topological polar surface area (TPSA) is 0 Å². The molecule has 0 aliphatic heterocycles. The van der Waals surface area contributed by atoms with Crippen LogP contribution in [0.1, 0.15) is 46.3 Å². The third-order valence-electron chi connectivity index (χ3n) is 5.44. The Morgan fingerprint density at radius 2 is 1.86 bits per heavy atom. The number of halogens is 1. The van der Waals surface area contributed by atoms with E-state index in [1.807, 2.05) is 0 Å². The van der Waals surface area contributed by atoms with Gasteiger partial charge in [0.15, 0.2) is 0 Å².